The van der Waals surface area contributed by atoms with Crippen LogP contribution in [0.1, 0.15) is 66.0 Å². The number of hydrogen-bond acceptors (Lipinski definition) is 3. The first-order valence-corrected chi connectivity index (χ1v) is 11.8. The fraction of sp³-hybridized carbons (Fsp3) is 0.429. The summed E-state index contributed by atoms with van der Waals surface area (Å²) in [5, 5.41) is 6.67. The lowest BCUT2D eigenvalue weighted by Gasteiger charge is -2.30. The van der Waals surface area contributed by atoms with E-state index in [1.165, 1.54) is 42.4 Å². The molecule has 0 radical (unpaired) electrons. The Labute approximate surface area is 192 Å². The van der Waals surface area contributed by atoms with E-state index in [-0.39, 0.29) is 11.9 Å². The molecule has 4 heteroatoms. The number of hydrazone groups is 1. The Bertz CT molecular complexity index is 1000. The Hall–Kier alpha value is -2.72. The van der Waals surface area contributed by atoms with Gasteiger partial charge in [0.2, 0.25) is 0 Å². The highest BCUT2D eigenvalue weighted by Gasteiger charge is 2.35. The predicted molar refractivity (Wildman–Crippen MR) is 132 cm³/mol. The van der Waals surface area contributed by atoms with Crippen molar-refractivity contribution in [3.8, 4) is 0 Å². The van der Waals surface area contributed by atoms with Gasteiger partial charge in [0.15, 0.2) is 0 Å². The maximum atomic E-state index is 13.6. The molecule has 1 amide bonds. The second kappa shape index (κ2) is 9.83. The normalized spacial score (nSPS) is 18.9. The van der Waals surface area contributed by atoms with Crippen LogP contribution in [-0.4, -0.2) is 40.7 Å². The molecule has 2 aromatic carbocycles. The molecule has 1 aliphatic carbocycles. The zero-order valence-electron chi connectivity index (χ0n) is 19.7. The van der Waals surface area contributed by atoms with Crippen molar-refractivity contribution in [2.24, 2.45) is 5.10 Å². The molecule has 2 aromatic rings. The molecule has 0 N–H and O–H groups in total. The lowest BCUT2D eigenvalue weighted by Crippen LogP contribution is -2.42. The van der Waals surface area contributed by atoms with E-state index in [1.54, 1.807) is 5.01 Å². The monoisotopic (exact) mass is 429 g/mol. The molecule has 0 saturated heterocycles. The zero-order valence-corrected chi connectivity index (χ0v) is 19.7. The van der Waals surface area contributed by atoms with Crippen molar-refractivity contribution >= 4 is 11.6 Å². The van der Waals surface area contributed by atoms with Crippen molar-refractivity contribution in [3.63, 3.8) is 0 Å². The number of amides is 1. The lowest BCUT2D eigenvalue weighted by atomic mass is 9.95. The third-order valence-electron chi connectivity index (χ3n) is 6.86. The minimum absolute atomic E-state index is 0.0621. The van der Waals surface area contributed by atoms with Crippen molar-refractivity contribution in [1.82, 2.24) is 9.91 Å². The number of rotatable bonds is 7. The Kier molecular flexibility index (Phi) is 6.90. The van der Waals surface area contributed by atoms with E-state index in [1.807, 2.05) is 6.08 Å². The third kappa shape index (κ3) is 4.86. The van der Waals surface area contributed by atoms with E-state index in [0.717, 1.165) is 29.8 Å². The number of carbonyl (C=O) groups excluding carboxylic acids is 1. The van der Waals surface area contributed by atoms with Crippen molar-refractivity contribution in [3.05, 3.63) is 82.9 Å². The minimum Gasteiger partial charge on any atom is -0.288 e. The molecule has 168 valence electrons. The van der Waals surface area contributed by atoms with Crippen LogP contribution in [0.25, 0.3) is 0 Å². The first-order chi connectivity index (χ1) is 15.5. The van der Waals surface area contributed by atoms with Gasteiger partial charge in [-0.2, -0.15) is 5.10 Å². The van der Waals surface area contributed by atoms with Crippen LogP contribution in [0.2, 0.25) is 0 Å². The smallest absolute Gasteiger partial charge is 0.257 e. The summed E-state index contributed by atoms with van der Waals surface area (Å²) in [5.74, 6) is 0.0732. The fourth-order valence-electron chi connectivity index (χ4n) is 5.11. The Morgan fingerprint density at radius 1 is 1.09 bits per heavy atom. The molecule has 0 unspecified atom stereocenters. The summed E-state index contributed by atoms with van der Waals surface area (Å²) in [6, 6.07) is 15.4. The van der Waals surface area contributed by atoms with E-state index in [2.05, 4.69) is 74.7 Å². The molecular formula is C28H35N3O. The van der Waals surface area contributed by atoms with Crippen LogP contribution in [0, 0.1) is 20.8 Å². The average molecular weight is 430 g/mol. The summed E-state index contributed by atoms with van der Waals surface area (Å²) in [6.07, 6.45) is 7.48. The van der Waals surface area contributed by atoms with Gasteiger partial charge in [0, 0.05) is 24.6 Å². The van der Waals surface area contributed by atoms with Crippen LogP contribution < -0.4 is 0 Å². The molecule has 4 rings (SSSR count). The second-order valence-electron chi connectivity index (χ2n) is 9.39. The first kappa shape index (κ1) is 22.5. The summed E-state index contributed by atoms with van der Waals surface area (Å²) in [4.78, 5) is 15.9. The molecule has 1 aliphatic heterocycles. The molecule has 0 bridgehead atoms. The highest BCUT2D eigenvalue weighted by atomic mass is 16.2. The number of carbonyl (C=O) groups is 1. The Morgan fingerprint density at radius 2 is 1.78 bits per heavy atom. The van der Waals surface area contributed by atoms with Gasteiger partial charge in [-0.25, -0.2) is 5.01 Å². The van der Waals surface area contributed by atoms with Gasteiger partial charge >= 0.3 is 0 Å². The van der Waals surface area contributed by atoms with Crippen LogP contribution in [0.15, 0.2) is 60.2 Å². The Balaban J connectivity index is 1.63. The molecule has 4 nitrogen and oxygen atoms in total. The van der Waals surface area contributed by atoms with Crippen molar-refractivity contribution < 1.29 is 4.79 Å². The van der Waals surface area contributed by atoms with Gasteiger partial charge in [0.05, 0.1) is 18.3 Å². The number of hydrogen-bond donors (Lipinski definition) is 0. The first-order valence-electron chi connectivity index (χ1n) is 11.8. The summed E-state index contributed by atoms with van der Waals surface area (Å²) >= 11 is 0. The van der Waals surface area contributed by atoms with Gasteiger partial charge in [0.25, 0.3) is 5.91 Å². The summed E-state index contributed by atoms with van der Waals surface area (Å²) in [6.45, 7) is 11.4. The van der Waals surface area contributed by atoms with E-state index >= 15 is 0 Å². The van der Waals surface area contributed by atoms with Gasteiger partial charge < -0.3 is 0 Å². The highest BCUT2D eigenvalue weighted by molar-refractivity contribution is 6.04. The molecule has 2 aliphatic rings. The van der Waals surface area contributed by atoms with Crippen LogP contribution in [-0.2, 0) is 4.79 Å². The van der Waals surface area contributed by atoms with Crippen molar-refractivity contribution in [2.75, 3.05) is 13.1 Å². The van der Waals surface area contributed by atoms with Crippen molar-refractivity contribution in [2.45, 2.75) is 65.0 Å². The maximum Gasteiger partial charge on any atom is 0.257 e. The number of aryl methyl sites for hydroxylation is 3. The average Bonchev–Trinajstić information content (AvgIpc) is 3.44. The molecule has 1 heterocycles. The molecule has 0 spiro atoms. The summed E-state index contributed by atoms with van der Waals surface area (Å²) in [7, 11) is 0. The van der Waals surface area contributed by atoms with Crippen LogP contribution >= 0.6 is 0 Å². The standard InChI is InChI=1S/C28H35N3O/c1-5-16-30(24-8-6-7-9-24)19-28(32)31-27(23-13-10-20(2)11-14-23)18-26(29-31)25-15-12-21(3)17-22(25)4/h5,10-15,17,24,27H,1,6-9,16,18-19H2,2-4H3/t27-/m1/s1. The molecule has 1 saturated carbocycles. The van der Waals surface area contributed by atoms with Gasteiger partial charge in [-0.05, 0) is 44.7 Å². The second-order valence-corrected chi connectivity index (χ2v) is 9.39. The van der Waals surface area contributed by atoms with Crippen molar-refractivity contribution in [1.29, 1.82) is 0 Å². The minimum atomic E-state index is -0.0621. The predicted octanol–water partition coefficient (Wildman–Crippen LogP) is 5.72. The SMILES string of the molecule is C=CCN(CC(=O)N1N=C(c2ccc(C)cc2C)C[C@@H]1c1ccc(C)cc1)C1CCCC1. The summed E-state index contributed by atoms with van der Waals surface area (Å²) < 4.78 is 0. The van der Waals surface area contributed by atoms with E-state index in [0.29, 0.717) is 12.6 Å². The number of benzene rings is 2. The van der Waals surface area contributed by atoms with E-state index in [4.69, 9.17) is 5.10 Å². The van der Waals surface area contributed by atoms with Gasteiger partial charge in [0.1, 0.15) is 0 Å². The zero-order chi connectivity index (χ0) is 22.7. The third-order valence-corrected chi connectivity index (χ3v) is 6.86. The lowest BCUT2D eigenvalue weighted by molar-refractivity contribution is -0.134. The van der Waals surface area contributed by atoms with Crippen LogP contribution in [0.5, 0.6) is 0 Å². The molecule has 1 fully saturated rings. The number of nitrogens with zero attached hydrogens (tertiary/aromatic N) is 3. The Morgan fingerprint density at radius 3 is 2.44 bits per heavy atom. The largest absolute Gasteiger partial charge is 0.288 e. The van der Waals surface area contributed by atoms with Gasteiger partial charge in [-0.1, -0.05) is 72.5 Å². The molecule has 32 heavy (non-hydrogen) atoms. The van der Waals surface area contributed by atoms with Crippen LogP contribution in [0.3, 0.4) is 0 Å². The van der Waals surface area contributed by atoms with Gasteiger partial charge in [-0.3, -0.25) is 9.69 Å². The molecule has 0 aromatic heterocycles. The fourth-order valence-corrected chi connectivity index (χ4v) is 5.11. The maximum absolute atomic E-state index is 13.6. The van der Waals surface area contributed by atoms with Gasteiger partial charge in [-0.15, -0.1) is 6.58 Å². The molecule has 1 atom stereocenters. The van der Waals surface area contributed by atoms with E-state index < -0.39 is 0 Å². The van der Waals surface area contributed by atoms with E-state index in [9.17, 15) is 4.79 Å². The topological polar surface area (TPSA) is 35.9 Å². The quantitative estimate of drug-likeness (QED) is 0.528. The molecular weight excluding hydrogens is 394 g/mol. The summed E-state index contributed by atoms with van der Waals surface area (Å²) in [5.41, 5.74) is 6.95. The highest BCUT2D eigenvalue weighted by Crippen LogP contribution is 2.34. The van der Waals surface area contributed by atoms with Crippen LogP contribution in [0.4, 0.5) is 0 Å².